The van der Waals surface area contributed by atoms with Crippen LogP contribution in [0.25, 0.3) is 0 Å². The molecule has 7 nitrogen and oxygen atoms in total. The molecule has 1 aromatic carbocycles. The molecule has 24 heavy (non-hydrogen) atoms. The van der Waals surface area contributed by atoms with Crippen LogP contribution in [0.3, 0.4) is 0 Å². The van der Waals surface area contributed by atoms with Crippen molar-refractivity contribution in [1.29, 1.82) is 10.5 Å². The van der Waals surface area contributed by atoms with Crippen LogP contribution in [0.5, 0.6) is 0 Å². The molecule has 1 aromatic heterocycles. The number of nitrogens with one attached hydrogen (secondary N) is 2. The zero-order valence-corrected chi connectivity index (χ0v) is 12.9. The summed E-state index contributed by atoms with van der Waals surface area (Å²) in [5.41, 5.74) is 8.07. The van der Waals surface area contributed by atoms with Gasteiger partial charge in [0.25, 0.3) is 5.91 Å². The van der Waals surface area contributed by atoms with Gasteiger partial charge in [-0.1, -0.05) is 0 Å². The van der Waals surface area contributed by atoms with Crippen LogP contribution in [0.15, 0.2) is 36.5 Å². The predicted molar refractivity (Wildman–Crippen MR) is 88.8 cm³/mol. The molecule has 4 N–H and O–H groups in total. The number of carbonyl (C=O) groups is 1. The number of amides is 1. The topological polar surface area (TPSA) is 128 Å². The fourth-order valence-electron chi connectivity index (χ4n) is 2.04. The van der Waals surface area contributed by atoms with Crippen molar-refractivity contribution in [2.75, 3.05) is 18.4 Å². The number of nitrogens with two attached hydrogens (primary N) is 1. The van der Waals surface area contributed by atoms with Crippen LogP contribution >= 0.6 is 0 Å². The number of pyridine rings is 1. The number of hydrogen-bond donors (Lipinski definition) is 3. The third-order valence-electron chi connectivity index (χ3n) is 3.17. The lowest BCUT2D eigenvalue weighted by Crippen LogP contribution is -2.29. The lowest BCUT2D eigenvalue weighted by atomic mass is 10.1. The van der Waals surface area contributed by atoms with Gasteiger partial charge in [-0.2, -0.15) is 10.5 Å². The van der Waals surface area contributed by atoms with Crippen LogP contribution in [-0.4, -0.2) is 24.0 Å². The molecule has 7 heteroatoms. The van der Waals surface area contributed by atoms with Crippen LogP contribution in [0, 0.1) is 22.7 Å². The first-order valence-corrected chi connectivity index (χ1v) is 7.28. The Morgan fingerprint density at radius 1 is 1.17 bits per heavy atom. The van der Waals surface area contributed by atoms with Gasteiger partial charge >= 0.3 is 0 Å². The summed E-state index contributed by atoms with van der Waals surface area (Å²) < 4.78 is 0. The van der Waals surface area contributed by atoms with E-state index in [0.717, 1.165) is 11.3 Å². The molecule has 0 atom stereocenters. The van der Waals surface area contributed by atoms with E-state index in [1.807, 2.05) is 12.1 Å². The van der Waals surface area contributed by atoms with E-state index >= 15 is 0 Å². The maximum atomic E-state index is 11.7. The molecule has 0 unspecified atom stereocenters. The third kappa shape index (κ3) is 4.54. The highest BCUT2D eigenvalue weighted by atomic mass is 16.1. The molecular weight excluding hydrogens is 304 g/mol. The van der Waals surface area contributed by atoms with Gasteiger partial charge in [0.2, 0.25) is 0 Å². The van der Waals surface area contributed by atoms with Crippen molar-refractivity contribution < 1.29 is 4.79 Å². The molecule has 0 bridgehead atoms. The summed E-state index contributed by atoms with van der Waals surface area (Å²) in [6, 6.07) is 12.4. The highest BCUT2D eigenvalue weighted by Gasteiger charge is 2.06. The second kappa shape index (κ2) is 8.28. The van der Waals surface area contributed by atoms with Crippen molar-refractivity contribution in [2.24, 2.45) is 5.73 Å². The number of rotatable bonds is 6. The molecule has 0 aliphatic carbocycles. The first-order chi connectivity index (χ1) is 11.7. The van der Waals surface area contributed by atoms with Gasteiger partial charge in [-0.25, -0.2) is 4.98 Å². The number of nitriles is 2. The standard InChI is InChI=1S/C17H16N6O/c18-3-4-21-17(24)16-2-1-15(11-23-16)22-10-14-6-12(8-19)5-13(7-14)9-20/h1-2,5-7,11,22H,3-4,10,18H2,(H,21,24). The van der Waals surface area contributed by atoms with E-state index < -0.39 is 0 Å². The van der Waals surface area contributed by atoms with Crippen LogP contribution in [0.1, 0.15) is 27.2 Å². The van der Waals surface area contributed by atoms with Crippen molar-refractivity contribution in [3.05, 3.63) is 58.9 Å². The van der Waals surface area contributed by atoms with Crippen LogP contribution in [0.4, 0.5) is 5.69 Å². The Balaban J connectivity index is 2.01. The molecule has 2 aromatic rings. The fourth-order valence-corrected chi connectivity index (χ4v) is 2.04. The van der Waals surface area contributed by atoms with Crippen LogP contribution in [-0.2, 0) is 6.54 Å². The van der Waals surface area contributed by atoms with Crippen molar-refractivity contribution in [3.8, 4) is 12.1 Å². The number of anilines is 1. The van der Waals surface area contributed by atoms with Crippen molar-refractivity contribution >= 4 is 11.6 Å². The van der Waals surface area contributed by atoms with Crippen molar-refractivity contribution in [2.45, 2.75) is 6.54 Å². The summed E-state index contributed by atoms with van der Waals surface area (Å²) in [5, 5.41) is 23.7. The van der Waals surface area contributed by atoms with Gasteiger partial charge in [-0.3, -0.25) is 4.79 Å². The van der Waals surface area contributed by atoms with E-state index in [4.69, 9.17) is 16.3 Å². The van der Waals surface area contributed by atoms with E-state index in [2.05, 4.69) is 15.6 Å². The minimum Gasteiger partial charge on any atom is -0.380 e. The summed E-state index contributed by atoms with van der Waals surface area (Å²) >= 11 is 0. The molecule has 0 saturated carbocycles. The van der Waals surface area contributed by atoms with Gasteiger partial charge in [0.1, 0.15) is 5.69 Å². The summed E-state index contributed by atoms with van der Waals surface area (Å²) in [6.45, 7) is 1.21. The molecule has 0 aliphatic rings. The van der Waals surface area contributed by atoms with E-state index in [-0.39, 0.29) is 5.91 Å². The predicted octanol–water partition coefficient (Wildman–Crippen LogP) is 1.13. The first-order valence-electron chi connectivity index (χ1n) is 7.28. The normalized spacial score (nSPS) is 9.62. The fraction of sp³-hybridized carbons (Fsp3) is 0.176. The molecular formula is C17H16N6O. The maximum absolute atomic E-state index is 11.7. The molecule has 0 saturated heterocycles. The lowest BCUT2D eigenvalue weighted by molar-refractivity contribution is 0.0950. The zero-order valence-electron chi connectivity index (χ0n) is 12.9. The molecule has 0 spiro atoms. The van der Waals surface area contributed by atoms with Crippen molar-refractivity contribution in [1.82, 2.24) is 10.3 Å². The monoisotopic (exact) mass is 320 g/mol. The Hall–Kier alpha value is -3.42. The van der Waals surface area contributed by atoms with E-state index in [9.17, 15) is 4.79 Å². The highest BCUT2D eigenvalue weighted by molar-refractivity contribution is 5.92. The second-order valence-corrected chi connectivity index (χ2v) is 4.97. The summed E-state index contributed by atoms with van der Waals surface area (Å²) in [6.07, 6.45) is 1.55. The Morgan fingerprint density at radius 3 is 2.42 bits per heavy atom. The van der Waals surface area contributed by atoms with E-state index in [1.54, 1.807) is 36.5 Å². The summed E-state index contributed by atoms with van der Waals surface area (Å²) in [5.74, 6) is -0.271. The molecule has 0 aliphatic heterocycles. The number of benzene rings is 1. The number of carbonyl (C=O) groups excluding carboxylic acids is 1. The number of nitrogens with zero attached hydrogens (tertiary/aromatic N) is 3. The van der Waals surface area contributed by atoms with Gasteiger partial charge < -0.3 is 16.4 Å². The Labute approximate surface area is 139 Å². The minimum atomic E-state index is -0.271. The summed E-state index contributed by atoms with van der Waals surface area (Å²) in [7, 11) is 0. The second-order valence-electron chi connectivity index (χ2n) is 4.97. The van der Waals surface area contributed by atoms with E-state index in [0.29, 0.717) is 36.5 Å². The minimum absolute atomic E-state index is 0.271. The van der Waals surface area contributed by atoms with Crippen molar-refractivity contribution in [3.63, 3.8) is 0 Å². The Kier molecular flexibility index (Phi) is 5.84. The summed E-state index contributed by atoms with van der Waals surface area (Å²) in [4.78, 5) is 15.8. The van der Waals surface area contributed by atoms with Gasteiger partial charge in [0.05, 0.1) is 35.1 Å². The SMILES string of the molecule is N#Cc1cc(C#N)cc(CNc2ccc(C(=O)NCCN)nc2)c1. The van der Waals surface area contributed by atoms with Gasteiger partial charge in [-0.05, 0) is 35.9 Å². The largest absolute Gasteiger partial charge is 0.380 e. The van der Waals surface area contributed by atoms with Crippen LogP contribution < -0.4 is 16.4 Å². The first kappa shape index (κ1) is 16.9. The smallest absolute Gasteiger partial charge is 0.269 e. The van der Waals surface area contributed by atoms with Gasteiger partial charge in [0.15, 0.2) is 0 Å². The zero-order chi connectivity index (χ0) is 17.4. The van der Waals surface area contributed by atoms with E-state index in [1.165, 1.54) is 0 Å². The average Bonchev–Trinajstić information content (AvgIpc) is 2.64. The molecule has 0 fully saturated rings. The van der Waals surface area contributed by atoms with Gasteiger partial charge in [0, 0.05) is 19.6 Å². The maximum Gasteiger partial charge on any atom is 0.269 e. The van der Waals surface area contributed by atoms with Crippen LogP contribution in [0.2, 0.25) is 0 Å². The number of aromatic nitrogens is 1. The Bertz CT molecular complexity index is 769. The molecule has 120 valence electrons. The molecule has 0 radical (unpaired) electrons. The number of hydrogen-bond acceptors (Lipinski definition) is 6. The third-order valence-corrected chi connectivity index (χ3v) is 3.17. The average molecular weight is 320 g/mol. The highest BCUT2D eigenvalue weighted by Crippen LogP contribution is 2.12. The quantitative estimate of drug-likeness (QED) is 0.732. The molecule has 2 rings (SSSR count). The molecule has 1 amide bonds. The van der Waals surface area contributed by atoms with Gasteiger partial charge in [-0.15, -0.1) is 0 Å². The lowest BCUT2D eigenvalue weighted by Gasteiger charge is -2.08. The molecule has 1 heterocycles. The Morgan fingerprint density at radius 2 is 1.88 bits per heavy atom.